The first-order valence-electron chi connectivity index (χ1n) is 12.8. The fourth-order valence-corrected chi connectivity index (χ4v) is 3.82. The Hall–Kier alpha value is -3.48. The lowest BCUT2D eigenvalue weighted by Crippen LogP contribution is -2.30. The van der Waals surface area contributed by atoms with Gasteiger partial charge < -0.3 is 45.0 Å². The van der Waals surface area contributed by atoms with Crippen molar-refractivity contribution in [2.45, 2.75) is 37.6 Å². The summed E-state index contributed by atoms with van der Waals surface area (Å²) in [4.78, 5) is 26.0. The number of aliphatic hydroxyl groups excluding tert-OH is 4. The number of carbonyl (C=O) groups is 2. The normalized spacial score (nSPS) is 23.4. The number of aliphatic hydroxyl groups is 4. The molecule has 5 rings (SSSR count). The molecule has 212 valence electrons. The Morgan fingerprint density at radius 1 is 0.667 bits per heavy atom. The minimum Gasteiger partial charge on any atom is -0.445 e. The molecule has 2 aromatic carbocycles. The Kier molecular flexibility index (Phi) is 12.2. The van der Waals surface area contributed by atoms with E-state index in [2.05, 4.69) is 5.32 Å². The maximum atomic E-state index is 11.6. The summed E-state index contributed by atoms with van der Waals surface area (Å²) in [5.74, 6) is 0. The largest absolute Gasteiger partial charge is 0.445 e. The number of benzene rings is 2. The quantitative estimate of drug-likeness (QED) is 0.354. The summed E-state index contributed by atoms with van der Waals surface area (Å²) in [6.45, 7) is 3.16. The van der Waals surface area contributed by atoms with Gasteiger partial charge in [0.15, 0.2) is 0 Å². The molecule has 3 aliphatic rings. The van der Waals surface area contributed by atoms with Crippen LogP contribution in [0.1, 0.15) is 11.1 Å². The summed E-state index contributed by atoms with van der Waals surface area (Å²) >= 11 is 0. The van der Waals surface area contributed by atoms with E-state index in [4.69, 9.17) is 19.7 Å². The summed E-state index contributed by atoms with van der Waals surface area (Å²) < 4.78 is 10.2. The molecule has 0 aliphatic carbocycles. The number of likely N-dealkylation sites (tertiary alicyclic amines) is 1. The molecule has 0 unspecified atom stereocenters. The van der Waals surface area contributed by atoms with Gasteiger partial charge in [0, 0.05) is 26.2 Å². The minimum atomic E-state index is -0.876. The molecule has 2 amide bonds. The van der Waals surface area contributed by atoms with Gasteiger partial charge in [-0.1, -0.05) is 72.8 Å². The lowest BCUT2D eigenvalue weighted by molar-refractivity contribution is 0.0572. The molecule has 0 saturated carbocycles. The standard InChI is InChI=1S/C12H15NO4.C12H13NO2.C4H9NO2/c14-10-6-13(7-11(10)15)12(16)17-8-9-4-2-1-3-5-9;14-12(13-8-4-5-9-13)15-10-11-6-2-1-3-7-11;6-3-1-5-2-4(3)7/h1-5,10-11,14-15H,6-8H2;1-7H,8-10H2;3-7H,1-2H2/t10-,11+;;3-,4+. The van der Waals surface area contributed by atoms with Gasteiger partial charge in [-0.2, -0.15) is 0 Å². The molecule has 0 radical (unpaired) electrons. The van der Waals surface area contributed by atoms with E-state index in [9.17, 15) is 19.8 Å². The van der Waals surface area contributed by atoms with Crippen LogP contribution in [0.5, 0.6) is 0 Å². The minimum absolute atomic E-state index is 0.120. The Morgan fingerprint density at radius 2 is 1.08 bits per heavy atom. The van der Waals surface area contributed by atoms with Gasteiger partial charge in [0.25, 0.3) is 0 Å². The second-order valence-electron chi connectivity index (χ2n) is 9.29. The molecular formula is C28H37N3O8. The first-order chi connectivity index (χ1) is 18.8. The van der Waals surface area contributed by atoms with Crippen LogP contribution >= 0.6 is 0 Å². The molecule has 2 aromatic rings. The highest BCUT2D eigenvalue weighted by molar-refractivity contribution is 5.68. The van der Waals surface area contributed by atoms with Gasteiger partial charge in [-0.25, -0.2) is 9.59 Å². The zero-order valence-corrected chi connectivity index (χ0v) is 21.7. The molecule has 39 heavy (non-hydrogen) atoms. The molecule has 3 heterocycles. The van der Waals surface area contributed by atoms with Crippen molar-refractivity contribution in [3.8, 4) is 0 Å². The van der Waals surface area contributed by atoms with Crippen LogP contribution < -0.4 is 5.32 Å². The molecule has 4 atom stereocenters. The summed E-state index contributed by atoms with van der Waals surface area (Å²) in [6.07, 6.45) is 0.333. The predicted octanol–water partition coefficient (Wildman–Crippen LogP) is 0.867. The van der Waals surface area contributed by atoms with Gasteiger partial charge in [0.1, 0.15) is 13.2 Å². The summed E-state index contributed by atoms with van der Waals surface area (Å²) in [5, 5.41) is 38.8. The van der Waals surface area contributed by atoms with Crippen molar-refractivity contribution < 1.29 is 39.5 Å². The SMILES string of the molecule is O=C(OCc1ccccc1)N1CC=CC1.O=C(OCc1ccccc1)N1C[C@@H](O)[C@@H](O)C1.O[C@@H]1CNC[C@@H]1O. The van der Waals surface area contributed by atoms with E-state index < -0.39 is 30.5 Å². The average molecular weight is 544 g/mol. The van der Waals surface area contributed by atoms with Crippen LogP contribution in [0.3, 0.4) is 0 Å². The van der Waals surface area contributed by atoms with Gasteiger partial charge in [-0.05, 0) is 11.1 Å². The van der Waals surface area contributed by atoms with E-state index in [1.54, 1.807) is 4.90 Å². The predicted molar refractivity (Wildman–Crippen MR) is 142 cm³/mol. The van der Waals surface area contributed by atoms with Crippen LogP contribution in [0.25, 0.3) is 0 Å². The fraction of sp³-hybridized carbons (Fsp3) is 0.429. The maximum Gasteiger partial charge on any atom is 0.410 e. The van der Waals surface area contributed by atoms with Gasteiger partial charge in [0.05, 0.1) is 37.5 Å². The molecular weight excluding hydrogens is 506 g/mol. The van der Waals surface area contributed by atoms with Crippen molar-refractivity contribution in [1.82, 2.24) is 15.1 Å². The van der Waals surface area contributed by atoms with E-state index in [0.29, 0.717) is 32.8 Å². The summed E-state index contributed by atoms with van der Waals surface area (Å²) in [7, 11) is 0. The molecule has 2 saturated heterocycles. The third-order valence-electron chi connectivity index (χ3n) is 6.16. The van der Waals surface area contributed by atoms with Gasteiger partial charge in [0.2, 0.25) is 0 Å². The number of hydrogen-bond donors (Lipinski definition) is 5. The third-order valence-corrected chi connectivity index (χ3v) is 6.16. The first kappa shape index (κ1) is 30.1. The number of ether oxygens (including phenoxy) is 2. The number of carbonyl (C=O) groups excluding carboxylic acids is 2. The highest BCUT2D eigenvalue weighted by atomic mass is 16.6. The van der Waals surface area contributed by atoms with Crippen molar-refractivity contribution >= 4 is 12.2 Å². The number of β-amino-alcohol motifs (C(OH)–C–C–N with tert-alkyl or cyclic N) is 4. The summed E-state index contributed by atoms with van der Waals surface area (Å²) in [6, 6.07) is 19.0. The number of rotatable bonds is 4. The van der Waals surface area contributed by atoms with E-state index in [0.717, 1.165) is 11.1 Å². The smallest absolute Gasteiger partial charge is 0.410 e. The van der Waals surface area contributed by atoms with Crippen molar-refractivity contribution in [3.63, 3.8) is 0 Å². The Balaban J connectivity index is 0.000000175. The first-order valence-corrected chi connectivity index (χ1v) is 12.8. The van der Waals surface area contributed by atoms with Gasteiger partial charge >= 0.3 is 12.2 Å². The molecule has 0 bridgehead atoms. The zero-order chi connectivity index (χ0) is 28.0. The van der Waals surface area contributed by atoms with Crippen molar-refractivity contribution in [2.24, 2.45) is 0 Å². The van der Waals surface area contributed by atoms with Crippen LogP contribution in [0, 0.1) is 0 Å². The highest BCUT2D eigenvalue weighted by Crippen LogP contribution is 2.12. The van der Waals surface area contributed by atoms with E-state index in [1.165, 1.54) is 4.90 Å². The molecule has 11 heteroatoms. The number of nitrogens with zero attached hydrogens (tertiary/aromatic N) is 2. The van der Waals surface area contributed by atoms with Crippen LogP contribution in [-0.4, -0.2) is 106 Å². The molecule has 0 aromatic heterocycles. The van der Waals surface area contributed by atoms with Crippen molar-refractivity contribution in [3.05, 3.63) is 83.9 Å². The lowest BCUT2D eigenvalue weighted by Gasteiger charge is -2.15. The third kappa shape index (κ3) is 10.3. The molecule has 3 aliphatic heterocycles. The Morgan fingerprint density at radius 3 is 1.46 bits per heavy atom. The fourth-order valence-electron chi connectivity index (χ4n) is 3.82. The number of amides is 2. The topological polar surface area (TPSA) is 152 Å². The number of nitrogens with one attached hydrogen (secondary N) is 1. The molecule has 0 spiro atoms. The highest BCUT2D eigenvalue weighted by Gasteiger charge is 2.33. The molecule has 2 fully saturated rings. The average Bonchev–Trinajstić information content (AvgIpc) is 3.71. The van der Waals surface area contributed by atoms with Crippen molar-refractivity contribution in [1.29, 1.82) is 0 Å². The van der Waals surface area contributed by atoms with Gasteiger partial charge in [-0.15, -0.1) is 0 Å². The van der Waals surface area contributed by atoms with Crippen LogP contribution in [0.15, 0.2) is 72.8 Å². The maximum absolute atomic E-state index is 11.6. The lowest BCUT2D eigenvalue weighted by atomic mass is 10.2. The second-order valence-corrected chi connectivity index (χ2v) is 9.29. The van der Waals surface area contributed by atoms with Crippen molar-refractivity contribution in [2.75, 3.05) is 39.3 Å². The Labute approximate surface area is 227 Å². The van der Waals surface area contributed by atoms with E-state index in [-0.39, 0.29) is 25.8 Å². The second kappa shape index (κ2) is 15.8. The zero-order valence-electron chi connectivity index (χ0n) is 21.7. The Bertz CT molecular complexity index is 1010. The van der Waals surface area contributed by atoms with Crippen LogP contribution in [0.4, 0.5) is 9.59 Å². The van der Waals surface area contributed by atoms with Crippen LogP contribution in [-0.2, 0) is 22.7 Å². The van der Waals surface area contributed by atoms with Gasteiger partial charge in [-0.3, -0.25) is 0 Å². The molecule has 11 nitrogen and oxygen atoms in total. The van der Waals surface area contributed by atoms with E-state index in [1.807, 2.05) is 72.8 Å². The molecule has 5 N–H and O–H groups in total. The number of hydrogen-bond acceptors (Lipinski definition) is 9. The monoisotopic (exact) mass is 543 g/mol. The summed E-state index contributed by atoms with van der Waals surface area (Å²) in [5.41, 5.74) is 1.92. The van der Waals surface area contributed by atoms with E-state index >= 15 is 0 Å². The van der Waals surface area contributed by atoms with Crippen LogP contribution in [0.2, 0.25) is 0 Å².